The Hall–Kier alpha value is -1.49. The first-order chi connectivity index (χ1) is 8.09. The molecule has 0 aliphatic rings. The van der Waals surface area contributed by atoms with Crippen molar-refractivity contribution in [3.63, 3.8) is 0 Å². The highest BCUT2D eigenvalue weighted by Gasteiger charge is 2.23. The van der Waals surface area contributed by atoms with Crippen molar-refractivity contribution in [2.45, 2.75) is 38.8 Å². The van der Waals surface area contributed by atoms with Crippen LogP contribution in [0.4, 0.5) is 4.79 Å². The molecule has 0 spiro atoms. The maximum atomic E-state index is 11.6. The Kier molecular flexibility index (Phi) is 5.03. The zero-order valence-electron chi connectivity index (χ0n) is 10.3. The van der Waals surface area contributed by atoms with E-state index in [1.807, 2.05) is 13.8 Å². The number of aliphatic hydroxyl groups excluding tert-OH is 1. The van der Waals surface area contributed by atoms with Gasteiger partial charge in [-0.2, -0.15) is 0 Å². The molecule has 1 unspecified atom stereocenters. The lowest BCUT2D eigenvalue weighted by Crippen LogP contribution is -2.50. The Morgan fingerprint density at radius 2 is 2.35 bits per heavy atom. The minimum absolute atomic E-state index is 0.0583. The van der Waals surface area contributed by atoms with Gasteiger partial charge in [0.15, 0.2) is 0 Å². The normalized spacial score (nSPS) is 14.1. The second-order valence-electron chi connectivity index (χ2n) is 4.27. The molecule has 1 heterocycles. The summed E-state index contributed by atoms with van der Waals surface area (Å²) in [5.74, 6) is 0.709. The Labute approximate surface area is 101 Å². The van der Waals surface area contributed by atoms with Crippen LogP contribution >= 0.6 is 0 Å². The van der Waals surface area contributed by atoms with E-state index in [4.69, 9.17) is 9.52 Å². The average Bonchev–Trinajstić information content (AvgIpc) is 2.79. The van der Waals surface area contributed by atoms with Gasteiger partial charge in [-0.3, -0.25) is 0 Å². The van der Waals surface area contributed by atoms with Crippen LogP contribution in [0.3, 0.4) is 0 Å². The molecule has 1 rings (SSSR count). The second kappa shape index (κ2) is 6.30. The van der Waals surface area contributed by atoms with Crippen LogP contribution in [0.15, 0.2) is 22.8 Å². The summed E-state index contributed by atoms with van der Waals surface area (Å²) in [6.45, 7) is 4.30. The molecule has 0 bridgehead atoms. The fraction of sp³-hybridized carbons (Fsp3) is 0.583. The SMILES string of the molecule is CCC(C)(CCO)NC(=O)NCc1ccco1. The first-order valence-electron chi connectivity index (χ1n) is 5.79. The number of furan rings is 1. The maximum absolute atomic E-state index is 11.6. The van der Waals surface area contributed by atoms with Gasteiger partial charge in [0, 0.05) is 12.1 Å². The zero-order chi connectivity index (χ0) is 12.7. The number of carbonyl (C=O) groups excluding carboxylic acids is 1. The van der Waals surface area contributed by atoms with E-state index in [0.717, 1.165) is 6.42 Å². The smallest absolute Gasteiger partial charge is 0.315 e. The summed E-state index contributed by atoms with van der Waals surface area (Å²) >= 11 is 0. The monoisotopic (exact) mass is 240 g/mol. The van der Waals surface area contributed by atoms with Crippen molar-refractivity contribution in [3.05, 3.63) is 24.2 Å². The summed E-state index contributed by atoms with van der Waals surface area (Å²) in [5, 5.41) is 14.5. The van der Waals surface area contributed by atoms with Gasteiger partial charge >= 0.3 is 6.03 Å². The summed E-state index contributed by atoms with van der Waals surface area (Å²) in [5.41, 5.74) is -0.373. The van der Waals surface area contributed by atoms with Gasteiger partial charge in [-0.05, 0) is 31.9 Å². The minimum Gasteiger partial charge on any atom is -0.467 e. The largest absolute Gasteiger partial charge is 0.467 e. The zero-order valence-corrected chi connectivity index (χ0v) is 10.3. The number of rotatable bonds is 6. The van der Waals surface area contributed by atoms with Crippen LogP contribution in [0.5, 0.6) is 0 Å². The molecule has 5 heteroatoms. The minimum atomic E-state index is -0.373. The highest BCUT2D eigenvalue weighted by molar-refractivity contribution is 5.74. The van der Waals surface area contributed by atoms with Crippen LogP contribution < -0.4 is 10.6 Å². The van der Waals surface area contributed by atoms with Crippen LogP contribution in [0.2, 0.25) is 0 Å². The van der Waals surface area contributed by atoms with E-state index < -0.39 is 0 Å². The number of hydrogen-bond donors (Lipinski definition) is 3. The maximum Gasteiger partial charge on any atom is 0.315 e. The Morgan fingerprint density at radius 3 is 2.88 bits per heavy atom. The molecule has 0 saturated heterocycles. The van der Waals surface area contributed by atoms with Crippen molar-refractivity contribution in [1.29, 1.82) is 0 Å². The number of aliphatic hydroxyl groups is 1. The second-order valence-corrected chi connectivity index (χ2v) is 4.27. The van der Waals surface area contributed by atoms with E-state index >= 15 is 0 Å². The lowest BCUT2D eigenvalue weighted by atomic mass is 9.95. The number of nitrogens with one attached hydrogen (secondary N) is 2. The van der Waals surface area contributed by atoms with Gasteiger partial charge in [-0.1, -0.05) is 6.92 Å². The van der Waals surface area contributed by atoms with Crippen molar-refractivity contribution >= 4 is 6.03 Å². The number of carbonyl (C=O) groups is 1. The standard InChI is InChI=1S/C12H20N2O3/c1-3-12(2,6-7-15)14-11(16)13-9-10-5-4-8-17-10/h4-5,8,15H,3,6-7,9H2,1-2H3,(H2,13,14,16). The van der Waals surface area contributed by atoms with Gasteiger partial charge in [0.2, 0.25) is 0 Å². The van der Waals surface area contributed by atoms with Crippen molar-refractivity contribution in [2.24, 2.45) is 0 Å². The predicted molar refractivity (Wildman–Crippen MR) is 64.5 cm³/mol. The lowest BCUT2D eigenvalue weighted by molar-refractivity contribution is 0.200. The summed E-state index contributed by atoms with van der Waals surface area (Å²) in [6.07, 6.45) is 2.87. The molecule has 2 amide bonds. The fourth-order valence-corrected chi connectivity index (χ4v) is 1.47. The van der Waals surface area contributed by atoms with Crippen LogP contribution in [-0.4, -0.2) is 23.3 Å². The molecule has 1 aromatic heterocycles. The summed E-state index contributed by atoms with van der Waals surface area (Å²) in [4.78, 5) is 11.6. The van der Waals surface area contributed by atoms with Crippen LogP contribution in [-0.2, 0) is 6.54 Å². The number of hydrogen-bond acceptors (Lipinski definition) is 3. The Morgan fingerprint density at radius 1 is 1.59 bits per heavy atom. The molecule has 1 atom stereocenters. The van der Waals surface area contributed by atoms with Crippen molar-refractivity contribution < 1.29 is 14.3 Å². The summed E-state index contributed by atoms with van der Waals surface area (Å²) in [6, 6.07) is 3.32. The highest BCUT2D eigenvalue weighted by Crippen LogP contribution is 2.13. The van der Waals surface area contributed by atoms with Gasteiger partial charge in [-0.25, -0.2) is 4.79 Å². The fourth-order valence-electron chi connectivity index (χ4n) is 1.47. The van der Waals surface area contributed by atoms with Crippen LogP contribution in [0.1, 0.15) is 32.4 Å². The summed E-state index contributed by atoms with van der Waals surface area (Å²) < 4.78 is 5.11. The molecule has 0 aromatic carbocycles. The molecule has 3 N–H and O–H groups in total. The van der Waals surface area contributed by atoms with Gasteiger partial charge in [0.05, 0.1) is 12.8 Å². The summed E-state index contributed by atoms with van der Waals surface area (Å²) in [7, 11) is 0. The number of amides is 2. The molecule has 1 aromatic rings. The molecule has 5 nitrogen and oxygen atoms in total. The molecular weight excluding hydrogens is 220 g/mol. The van der Waals surface area contributed by atoms with E-state index in [1.54, 1.807) is 18.4 Å². The molecule has 17 heavy (non-hydrogen) atoms. The predicted octanol–water partition coefficient (Wildman–Crippen LogP) is 1.63. The Balaban J connectivity index is 2.37. The molecule has 0 aliphatic heterocycles. The number of urea groups is 1. The first kappa shape index (κ1) is 13.6. The van der Waals surface area contributed by atoms with Crippen LogP contribution in [0.25, 0.3) is 0 Å². The first-order valence-corrected chi connectivity index (χ1v) is 5.79. The molecule has 96 valence electrons. The van der Waals surface area contributed by atoms with Crippen molar-refractivity contribution in [3.8, 4) is 0 Å². The van der Waals surface area contributed by atoms with Crippen molar-refractivity contribution in [1.82, 2.24) is 10.6 Å². The van der Waals surface area contributed by atoms with Gasteiger partial charge < -0.3 is 20.2 Å². The highest BCUT2D eigenvalue weighted by atomic mass is 16.3. The molecule has 0 saturated carbocycles. The average molecular weight is 240 g/mol. The molecular formula is C12H20N2O3. The van der Waals surface area contributed by atoms with Gasteiger partial charge in [-0.15, -0.1) is 0 Å². The van der Waals surface area contributed by atoms with Gasteiger partial charge in [0.1, 0.15) is 5.76 Å². The van der Waals surface area contributed by atoms with E-state index in [2.05, 4.69) is 10.6 Å². The Bertz CT molecular complexity index is 338. The topological polar surface area (TPSA) is 74.5 Å². The lowest BCUT2D eigenvalue weighted by Gasteiger charge is -2.28. The van der Waals surface area contributed by atoms with Crippen LogP contribution in [0, 0.1) is 0 Å². The van der Waals surface area contributed by atoms with E-state index in [0.29, 0.717) is 18.7 Å². The quantitative estimate of drug-likeness (QED) is 0.707. The molecule has 0 fully saturated rings. The van der Waals surface area contributed by atoms with E-state index in [-0.39, 0.29) is 18.2 Å². The third kappa shape index (κ3) is 4.48. The van der Waals surface area contributed by atoms with Crippen molar-refractivity contribution in [2.75, 3.05) is 6.61 Å². The third-order valence-electron chi connectivity index (χ3n) is 2.86. The third-order valence-corrected chi connectivity index (χ3v) is 2.86. The van der Waals surface area contributed by atoms with E-state index in [9.17, 15) is 4.79 Å². The van der Waals surface area contributed by atoms with E-state index in [1.165, 1.54) is 0 Å². The van der Waals surface area contributed by atoms with Gasteiger partial charge in [0.25, 0.3) is 0 Å². The molecule has 0 aliphatic carbocycles. The molecule has 0 radical (unpaired) electrons.